The summed E-state index contributed by atoms with van der Waals surface area (Å²) in [5.41, 5.74) is 1.21. The van der Waals surface area contributed by atoms with Gasteiger partial charge in [-0.1, -0.05) is 56.3 Å². The number of halogens is 1. The third-order valence-corrected chi connectivity index (χ3v) is 5.27. The lowest BCUT2D eigenvalue weighted by molar-refractivity contribution is -0.136. The highest BCUT2D eigenvalue weighted by Gasteiger charge is 2.31. The van der Waals surface area contributed by atoms with Gasteiger partial charge in [-0.05, 0) is 23.6 Å². The third-order valence-electron chi connectivity index (χ3n) is 5.27. The highest BCUT2D eigenvalue weighted by Crippen LogP contribution is 2.14. The van der Waals surface area contributed by atoms with Crippen molar-refractivity contribution in [3.8, 4) is 0 Å². The number of hydrogen-bond donors (Lipinski definition) is 1. The van der Waals surface area contributed by atoms with E-state index in [2.05, 4.69) is 22.3 Å². The maximum atomic E-state index is 13.9. The molecule has 0 radical (unpaired) electrons. The van der Waals surface area contributed by atoms with Gasteiger partial charge < -0.3 is 10.2 Å². The second-order valence-corrected chi connectivity index (χ2v) is 7.76. The van der Waals surface area contributed by atoms with E-state index >= 15 is 0 Å². The minimum absolute atomic E-state index is 0.0429. The summed E-state index contributed by atoms with van der Waals surface area (Å²) < 4.78 is 13.9. The number of carbonyl (C=O) groups excluding carboxylic acids is 2. The molecule has 6 heteroatoms. The minimum Gasteiger partial charge on any atom is -0.340 e. The smallest absolute Gasteiger partial charge is 0.254 e. The van der Waals surface area contributed by atoms with Crippen LogP contribution in [0.4, 0.5) is 4.39 Å². The summed E-state index contributed by atoms with van der Waals surface area (Å²) >= 11 is 0. The summed E-state index contributed by atoms with van der Waals surface area (Å²) in [5, 5.41) is 2.74. The molecule has 29 heavy (non-hydrogen) atoms. The van der Waals surface area contributed by atoms with E-state index in [1.54, 1.807) is 11.0 Å². The molecule has 2 amide bonds. The largest absolute Gasteiger partial charge is 0.340 e. The van der Waals surface area contributed by atoms with Crippen LogP contribution in [0.25, 0.3) is 0 Å². The van der Waals surface area contributed by atoms with Gasteiger partial charge in [0.1, 0.15) is 11.9 Å². The lowest BCUT2D eigenvalue weighted by atomic mass is 10.0. The molecule has 2 aromatic carbocycles. The van der Waals surface area contributed by atoms with Crippen molar-refractivity contribution in [1.82, 2.24) is 15.1 Å². The van der Waals surface area contributed by atoms with Crippen LogP contribution in [0.3, 0.4) is 0 Å². The fourth-order valence-electron chi connectivity index (χ4n) is 3.54. The Morgan fingerprint density at radius 2 is 1.59 bits per heavy atom. The van der Waals surface area contributed by atoms with Crippen LogP contribution in [0.15, 0.2) is 54.6 Å². The van der Waals surface area contributed by atoms with Gasteiger partial charge in [0.05, 0.1) is 5.56 Å². The van der Waals surface area contributed by atoms with E-state index in [0.29, 0.717) is 13.1 Å². The predicted molar refractivity (Wildman–Crippen MR) is 111 cm³/mol. The Hall–Kier alpha value is -2.73. The number of hydrogen-bond acceptors (Lipinski definition) is 3. The number of amides is 2. The van der Waals surface area contributed by atoms with Crippen molar-refractivity contribution in [2.75, 3.05) is 26.2 Å². The number of nitrogens with zero attached hydrogens (tertiary/aromatic N) is 2. The number of carbonyl (C=O) groups is 2. The molecule has 0 aromatic heterocycles. The molecule has 0 spiro atoms. The summed E-state index contributed by atoms with van der Waals surface area (Å²) in [7, 11) is 0. The SMILES string of the molecule is CC(C)C(NC(=O)c1ccccc1F)C(=O)N1CCN(Cc2ccccc2)CC1. The van der Waals surface area contributed by atoms with Gasteiger partial charge in [-0.3, -0.25) is 14.5 Å². The molecule has 5 nitrogen and oxygen atoms in total. The second-order valence-electron chi connectivity index (χ2n) is 7.76. The second kappa shape index (κ2) is 9.65. The van der Waals surface area contributed by atoms with Gasteiger partial charge in [-0.2, -0.15) is 0 Å². The Balaban J connectivity index is 1.58. The van der Waals surface area contributed by atoms with Crippen LogP contribution >= 0.6 is 0 Å². The van der Waals surface area contributed by atoms with E-state index in [1.165, 1.54) is 23.8 Å². The van der Waals surface area contributed by atoms with Crippen molar-refractivity contribution in [2.24, 2.45) is 5.92 Å². The summed E-state index contributed by atoms with van der Waals surface area (Å²) in [6.45, 7) is 7.43. The molecule has 1 heterocycles. The first-order chi connectivity index (χ1) is 14.0. The van der Waals surface area contributed by atoms with E-state index in [0.717, 1.165) is 19.6 Å². The van der Waals surface area contributed by atoms with Crippen molar-refractivity contribution >= 4 is 11.8 Å². The molecule has 1 aliphatic heterocycles. The van der Waals surface area contributed by atoms with E-state index in [4.69, 9.17) is 0 Å². The minimum atomic E-state index is -0.678. The first kappa shape index (κ1) is 21.0. The summed E-state index contributed by atoms with van der Waals surface area (Å²) in [4.78, 5) is 29.7. The monoisotopic (exact) mass is 397 g/mol. The van der Waals surface area contributed by atoms with Gasteiger partial charge in [-0.15, -0.1) is 0 Å². The van der Waals surface area contributed by atoms with Crippen LogP contribution in [0.1, 0.15) is 29.8 Å². The van der Waals surface area contributed by atoms with Crippen molar-refractivity contribution in [2.45, 2.75) is 26.4 Å². The molecule has 3 rings (SSSR count). The Morgan fingerprint density at radius 1 is 0.966 bits per heavy atom. The van der Waals surface area contributed by atoms with Crippen molar-refractivity contribution < 1.29 is 14.0 Å². The molecule has 1 N–H and O–H groups in total. The number of piperazine rings is 1. The normalized spacial score (nSPS) is 15.9. The molecule has 2 aromatic rings. The average Bonchev–Trinajstić information content (AvgIpc) is 2.73. The Bertz CT molecular complexity index is 833. The molecule has 0 aliphatic carbocycles. The van der Waals surface area contributed by atoms with Crippen LogP contribution in [0.2, 0.25) is 0 Å². The fraction of sp³-hybridized carbons (Fsp3) is 0.391. The van der Waals surface area contributed by atoms with E-state index < -0.39 is 17.8 Å². The maximum Gasteiger partial charge on any atom is 0.254 e. The van der Waals surface area contributed by atoms with Gasteiger partial charge in [0.15, 0.2) is 0 Å². The first-order valence-electron chi connectivity index (χ1n) is 10.1. The molecular weight excluding hydrogens is 369 g/mol. The zero-order valence-corrected chi connectivity index (χ0v) is 17.0. The lowest BCUT2D eigenvalue weighted by Gasteiger charge is -2.37. The van der Waals surface area contributed by atoms with Gasteiger partial charge in [0.25, 0.3) is 5.91 Å². The molecule has 1 saturated heterocycles. The Labute approximate surface area is 171 Å². The van der Waals surface area contributed by atoms with Gasteiger partial charge in [-0.25, -0.2) is 4.39 Å². The molecule has 0 saturated carbocycles. The number of nitrogens with one attached hydrogen (secondary N) is 1. The van der Waals surface area contributed by atoms with Crippen molar-refractivity contribution in [3.05, 3.63) is 71.5 Å². The predicted octanol–water partition coefficient (Wildman–Crippen LogP) is 2.92. The van der Waals surface area contributed by atoms with Crippen LogP contribution in [-0.2, 0) is 11.3 Å². The van der Waals surface area contributed by atoms with E-state index in [1.807, 2.05) is 32.0 Å². The van der Waals surface area contributed by atoms with Crippen molar-refractivity contribution in [1.29, 1.82) is 0 Å². The standard InChI is InChI=1S/C23H28FN3O2/c1-17(2)21(25-22(28)19-10-6-7-11-20(19)24)23(29)27-14-12-26(13-15-27)16-18-8-4-3-5-9-18/h3-11,17,21H,12-16H2,1-2H3,(H,25,28). The van der Waals surface area contributed by atoms with Crippen molar-refractivity contribution in [3.63, 3.8) is 0 Å². The fourth-order valence-corrected chi connectivity index (χ4v) is 3.54. The zero-order valence-electron chi connectivity index (χ0n) is 17.0. The summed E-state index contributed by atoms with van der Waals surface area (Å²) in [6.07, 6.45) is 0. The highest BCUT2D eigenvalue weighted by atomic mass is 19.1. The average molecular weight is 397 g/mol. The van der Waals surface area contributed by atoms with Gasteiger partial charge in [0.2, 0.25) is 5.91 Å². The molecule has 1 fully saturated rings. The van der Waals surface area contributed by atoms with Gasteiger partial charge in [0, 0.05) is 32.7 Å². The van der Waals surface area contributed by atoms with Crippen LogP contribution in [0, 0.1) is 11.7 Å². The third kappa shape index (κ3) is 5.41. The molecular formula is C23H28FN3O2. The number of benzene rings is 2. The number of rotatable bonds is 6. The highest BCUT2D eigenvalue weighted by molar-refractivity contribution is 5.97. The molecule has 1 aliphatic rings. The van der Waals surface area contributed by atoms with E-state index in [-0.39, 0.29) is 17.4 Å². The Morgan fingerprint density at radius 3 is 2.21 bits per heavy atom. The zero-order chi connectivity index (χ0) is 20.8. The van der Waals surface area contributed by atoms with Crippen LogP contribution in [-0.4, -0.2) is 53.8 Å². The van der Waals surface area contributed by atoms with Gasteiger partial charge >= 0.3 is 0 Å². The summed E-state index contributed by atoms with van der Waals surface area (Å²) in [5.74, 6) is -1.35. The quantitative estimate of drug-likeness (QED) is 0.816. The maximum absolute atomic E-state index is 13.9. The van der Waals surface area contributed by atoms with E-state index in [9.17, 15) is 14.0 Å². The topological polar surface area (TPSA) is 52.7 Å². The summed E-state index contributed by atoms with van der Waals surface area (Å²) in [6, 6.07) is 15.4. The molecule has 154 valence electrons. The van der Waals surface area contributed by atoms with Crippen LogP contribution in [0.5, 0.6) is 0 Å². The molecule has 0 bridgehead atoms. The van der Waals surface area contributed by atoms with Crippen LogP contribution < -0.4 is 5.32 Å². The lowest BCUT2D eigenvalue weighted by Crippen LogP contribution is -2.56. The molecule has 1 atom stereocenters. The first-order valence-corrected chi connectivity index (χ1v) is 10.1. The Kier molecular flexibility index (Phi) is 6.99. The molecule has 1 unspecified atom stereocenters.